The summed E-state index contributed by atoms with van der Waals surface area (Å²) < 4.78 is 0. The van der Waals surface area contributed by atoms with Crippen molar-refractivity contribution in [3.8, 4) is 0 Å². The van der Waals surface area contributed by atoms with Crippen molar-refractivity contribution < 1.29 is 14.7 Å². The van der Waals surface area contributed by atoms with Gasteiger partial charge in [-0.15, -0.1) is 0 Å². The summed E-state index contributed by atoms with van der Waals surface area (Å²) >= 11 is 0. The minimum absolute atomic E-state index is 0.0334. The quantitative estimate of drug-likeness (QED) is 0.497. The average Bonchev–Trinajstić information content (AvgIpc) is 2.00. The highest BCUT2D eigenvalue weighted by molar-refractivity contribution is 5.76. The van der Waals surface area contributed by atoms with Crippen molar-refractivity contribution in [3.05, 3.63) is 0 Å². The summed E-state index contributed by atoms with van der Waals surface area (Å²) in [4.78, 5) is 20.8. The molecule has 5 heteroatoms. The summed E-state index contributed by atoms with van der Waals surface area (Å²) in [7, 11) is 0. The third-order valence-electron chi connectivity index (χ3n) is 1.27. The summed E-state index contributed by atoms with van der Waals surface area (Å²) in [5.74, 6) is -1.05. The fraction of sp³-hybridized carbons (Fsp3) is 0.714. The van der Waals surface area contributed by atoms with Crippen molar-refractivity contribution in [1.82, 2.24) is 5.32 Å². The van der Waals surface area contributed by atoms with E-state index >= 15 is 0 Å². The molecule has 1 amide bonds. The van der Waals surface area contributed by atoms with E-state index in [0.29, 0.717) is 19.4 Å². The number of hydrogen-bond donors (Lipinski definition) is 3. The first-order chi connectivity index (χ1) is 5.66. The molecule has 0 aliphatic heterocycles. The molecule has 70 valence electrons. The number of aliphatic carboxylic acids is 1. The lowest BCUT2D eigenvalue weighted by Gasteiger charge is -2.01. The van der Waals surface area contributed by atoms with Crippen molar-refractivity contribution in [2.24, 2.45) is 5.73 Å². The van der Waals surface area contributed by atoms with Gasteiger partial charge in [-0.1, -0.05) is 0 Å². The highest BCUT2D eigenvalue weighted by Gasteiger charge is 2.00. The van der Waals surface area contributed by atoms with Crippen LogP contribution >= 0.6 is 0 Å². The molecule has 0 rings (SSSR count). The maximum atomic E-state index is 10.8. The third-order valence-corrected chi connectivity index (χ3v) is 1.27. The standard InChI is InChI=1S/C7H14N2O3/c8-4-1-2-6(10)9-5-3-7(11)12/h1-5,8H2,(H,9,10)(H,11,12). The van der Waals surface area contributed by atoms with Crippen molar-refractivity contribution in [2.75, 3.05) is 13.1 Å². The second kappa shape index (κ2) is 6.60. The van der Waals surface area contributed by atoms with Gasteiger partial charge in [-0.2, -0.15) is 0 Å². The predicted octanol–water partition coefficient (Wildman–Crippen LogP) is -0.684. The molecule has 0 atom stereocenters. The minimum Gasteiger partial charge on any atom is -0.481 e. The topological polar surface area (TPSA) is 92.4 Å². The van der Waals surface area contributed by atoms with Crippen LogP contribution in [-0.4, -0.2) is 30.1 Å². The number of carboxylic acid groups (broad SMARTS) is 1. The van der Waals surface area contributed by atoms with Gasteiger partial charge in [-0.25, -0.2) is 0 Å². The minimum atomic E-state index is -0.908. The van der Waals surface area contributed by atoms with E-state index in [9.17, 15) is 9.59 Å². The highest BCUT2D eigenvalue weighted by atomic mass is 16.4. The number of rotatable bonds is 6. The Hall–Kier alpha value is -1.10. The van der Waals surface area contributed by atoms with E-state index < -0.39 is 5.97 Å². The zero-order valence-corrected chi connectivity index (χ0v) is 6.88. The van der Waals surface area contributed by atoms with Crippen LogP contribution in [0.3, 0.4) is 0 Å². The van der Waals surface area contributed by atoms with Crippen LogP contribution in [0.25, 0.3) is 0 Å². The van der Waals surface area contributed by atoms with E-state index in [0.717, 1.165) is 0 Å². The molecule has 0 bridgehead atoms. The molecule has 0 fully saturated rings. The molecule has 0 aromatic rings. The molecular weight excluding hydrogens is 160 g/mol. The van der Waals surface area contributed by atoms with Crippen molar-refractivity contribution >= 4 is 11.9 Å². The Morgan fingerprint density at radius 3 is 2.50 bits per heavy atom. The Labute approximate surface area is 70.9 Å². The second-order valence-electron chi connectivity index (χ2n) is 2.39. The summed E-state index contributed by atoms with van der Waals surface area (Å²) in [5, 5.41) is 10.7. The zero-order valence-electron chi connectivity index (χ0n) is 6.88. The molecule has 0 spiro atoms. The number of carbonyl (C=O) groups is 2. The first kappa shape index (κ1) is 10.9. The Balaban J connectivity index is 3.25. The van der Waals surface area contributed by atoms with Crippen LogP contribution in [0.1, 0.15) is 19.3 Å². The molecule has 0 aliphatic rings. The summed E-state index contributed by atoms with van der Waals surface area (Å²) in [5.41, 5.74) is 5.18. The Morgan fingerprint density at radius 2 is 2.00 bits per heavy atom. The maximum absolute atomic E-state index is 10.8. The first-order valence-corrected chi connectivity index (χ1v) is 3.85. The van der Waals surface area contributed by atoms with Crippen LogP contribution in [0.15, 0.2) is 0 Å². The van der Waals surface area contributed by atoms with E-state index in [4.69, 9.17) is 10.8 Å². The maximum Gasteiger partial charge on any atom is 0.305 e. The zero-order chi connectivity index (χ0) is 9.40. The van der Waals surface area contributed by atoms with E-state index in [1.165, 1.54) is 0 Å². The Bertz CT molecular complexity index is 159. The molecule has 0 aromatic heterocycles. The predicted molar refractivity (Wildman–Crippen MR) is 43.6 cm³/mol. The lowest BCUT2D eigenvalue weighted by atomic mass is 10.3. The molecule has 0 saturated carbocycles. The van der Waals surface area contributed by atoms with Gasteiger partial charge in [0.2, 0.25) is 5.91 Å². The van der Waals surface area contributed by atoms with E-state index in [1.54, 1.807) is 0 Å². The molecule has 0 unspecified atom stereocenters. The lowest BCUT2D eigenvalue weighted by Crippen LogP contribution is -2.26. The Morgan fingerprint density at radius 1 is 1.33 bits per heavy atom. The smallest absolute Gasteiger partial charge is 0.305 e. The number of carbonyl (C=O) groups excluding carboxylic acids is 1. The summed E-state index contributed by atoms with van der Waals surface area (Å²) in [6.45, 7) is 0.672. The van der Waals surface area contributed by atoms with Gasteiger partial charge in [0.05, 0.1) is 6.42 Å². The second-order valence-corrected chi connectivity index (χ2v) is 2.39. The number of carboxylic acids is 1. The lowest BCUT2D eigenvalue weighted by molar-refractivity contribution is -0.136. The molecule has 0 radical (unpaired) electrons. The largest absolute Gasteiger partial charge is 0.481 e. The summed E-state index contributed by atoms with van der Waals surface area (Å²) in [6, 6.07) is 0. The van der Waals surface area contributed by atoms with Crippen molar-refractivity contribution in [2.45, 2.75) is 19.3 Å². The van der Waals surface area contributed by atoms with Crippen LogP contribution in [0, 0.1) is 0 Å². The molecule has 0 heterocycles. The average molecular weight is 174 g/mol. The molecule has 12 heavy (non-hydrogen) atoms. The molecule has 4 N–H and O–H groups in total. The van der Waals surface area contributed by atoms with Gasteiger partial charge in [0, 0.05) is 13.0 Å². The normalized spacial score (nSPS) is 9.42. The van der Waals surface area contributed by atoms with Gasteiger partial charge in [0.15, 0.2) is 0 Å². The van der Waals surface area contributed by atoms with Gasteiger partial charge in [0.25, 0.3) is 0 Å². The van der Waals surface area contributed by atoms with Crippen LogP contribution in [0.5, 0.6) is 0 Å². The number of hydrogen-bond acceptors (Lipinski definition) is 3. The number of nitrogens with two attached hydrogens (primary N) is 1. The fourth-order valence-corrected chi connectivity index (χ4v) is 0.660. The summed E-state index contributed by atoms with van der Waals surface area (Å²) in [6.07, 6.45) is 0.976. The van der Waals surface area contributed by atoms with Crippen LogP contribution in [0.4, 0.5) is 0 Å². The molecule has 0 aliphatic carbocycles. The fourth-order valence-electron chi connectivity index (χ4n) is 0.660. The van der Waals surface area contributed by atoms with Gasteiger partial charge in [-0.3, -0.25) is 9.59 Å². The van der Waals surface area contributed by atoms with Gasteiger partial charge in [-0.05, 0) is 13.0 Å². The van der Waals surface area contributed by atoms with Gasteiger partial charge >= 0.3 is 5.97 Å². The first-order valence-electron chi connectivity index (χ1n) is 3.85. The third kappa shape index (κ3) is 7.01. The van der Waals surface area contributed by atoms with Crippen LogP contribution in [0.2, 0.25) is 0 Å². The number of amides is 1. The van der Waals surface area contributed by atoms with Gasteiger partial charge < -0.3 is 16.2 Å². The highest BCUT2D eigenvalue weighted by Crippen LogP contribution is 1.85. The SMILES string of the molecule is NCCCC(=O)NCCC(=O)O. The van der Waals surface area contributed by atoms with Crippen molar-refractivity contribution in [3.63, 3.8) is 0 Å². The molecule has 0 saturated heterocycles. The molecule has 5 nitrogen and oxygen atoms in total. The van der Waals surface area contributed by atoms with Crippen molar-refractivity contribution in [1.29, 1.82) is 0 Å². The van der Waals surface area contributed by atoms with Gasteiger partial charge in [0.1, 0.15) is 0 Å². The number of nitrogens with one attached hydrogen (secondary N) is 1. The van der Waals surface area contributed by atoms with E-state index in [-0.39, 0.29) is 18.9 Å². The molecule has 0 aromatic carbocycles. The van der Waals surface area contributed by atoms with Crippen LogP contribution < -0.4 is 11.1 Å². The van der Waals surface area contributed by atoms with E-state index in [2.05, 4.69) is 5.32 Å². The Kier molecular flexibility index (Phi) is 6.00. The van der Waals surface area contributed by atoms with Crippen LogP contribution in [-0.2, 0) is 9.59 Å². The monoisotopic (exact) mass is 174 g/mol. The molecular formula is C7H14N2O3. The van der Waals surface area contributed by atoms with E-state index in [1.807, 2.05) is 0 Å².